The van der Waals surface area contributed by atoms with E-state index in [0.717, 1.165) is 47.3 Å². The molecule has 5 heteroatoms. The predicted molar refractivity (Wildman–Crippen MR) is 80.1 cm³/mol. The van der Waals surface area contributed by atoms with E-state index in [2.05, 4.69) is 10.3 Å². The first-order chi connectivity index (χ1) is 9.72. The summed E-state index contributed by atoms with van der Waals surface area (Å²) in [6.45, 7) is 4.33. The van der Waals surface area contributed by atoms with E-state index < -0.39 is 0 Å². The Kier molecular flexibility index (Phi) is 5.59. The molecule has 0 aliphatic heterocycles. The topological polar surface area (TPSA) is 47.3 Å². The van der Waals surface area contributed by atoms with Crippen molar-refractivity contribution in [3.8, 4) is 11.3 Å². The Hall–Kier alpha value is -1.36. The van der Waals surface area contributed by atoms with Gasteiger partial charge in [-0.3, -0.25) is 0 Å². The number of nitrogens with zero attached hydrogens (tertiary/aromatic N) is 1. The highest BCUT2D eigenvalue weighted by Gasteiger charge is 2.10. The molecular formula is C15H19ClN2O2. The van der Waals surface area contributed by atoms with Crippen LogP contribution < -0.4 is 5.32 Å². The summed E-state index contributed by atoms with van der Waals surface area (Å²) in [6, 6.07) is 5.78. The molecule has 0 aliphatic rings. The summed E-state index contributed by atoms with van der Waals surface area (Å²) in [5, 5.41) is 4.00. The Morgan fingerprint density at radius 2 is 2.20 bits per heavy atom. The number of hydrogen-bond acceptors (Lipinski definition) is 4. The number of oxazole rings is 1. The zero-order valence-electron chi connectivity index (χ0n) is 11.8. The number of nitrogens with one attached hydrogen (secondary N) is 1. The lowest BCUT2D eigenvalue weighted by Crippen LogP contribution is -2.21. The number of hydrogen-bond donors (Lipinski definition) is 1. The van der Waals surface area contributed by atoms with Crippen molar-refractivity contribution < 1.29 is 9.15 Å². The van der Waals surface area contributed by atoms with Gasteiger partial charge in [0.2, 0.25) is 0 Å². The quantitative estimate of drug-likeness (QED) is 0.797. The fourth-order valence-electron chi connectivity index (χ4n) is 1.92. The molecule has 1 aromatic carbocycles. The van der Waals surface area contributed by atoms with Crippen molar-refractivity contribution in [2.24, 2.45) is 0 Å². The maximum Gasteiger partial charge on any atom is 0.196 e. The number of aromatic nitrogens is 1. The minimum atomic E-state index is 0.707. The van der Waals surface area contributed by atoms with Crippen LogP contribution in [0.3, 0.4) is 0 Å². The highest BCUT2D eigenvalue weighted by Crippen LogP contribution is 2.28. The van der Waals surface area contributed by atoms with Crippen molar-refractivity contribution in [3.63, 3.8) is 0 Å². The summed E-state index contributed by atoms with van der Waals surface area (Å²) in [6.07, 6.45) is 2.51. The van der Waals surface area contributed by atoms with Crippen LogP contribution >= 0.6 is 11.6 Å². The van der Waals surface area contributed by atoms with Crippen molar-refractivity contribution >= 4 is 11.6 Å². The summed E-state index contributed by atoms with van der Waals surface area (Å²) < 4.78 is 10.7. The van der Waals surface area contributed by atoms with Gasteiger partial charge < -0.3 is 14.5 Å². The largest absolute Gasteiger partial charge is 0.441 e. The van der Waals surface area contributed by atoms with Gasteiger partial charge in [0.15, 0.2) is 11.7 Å². The van der Waals surface area contributed by atoms with E-state index in [0.29, 0.717) is 6.61 Å². The smallest absolute Gasteiger partial charge is 0.196 e. The first-order valence-corrected chi connectivity index (χ1v) is 7.00. The molecule has 4 nitrogen and oxygen atoms in total. The second kappa shape index (κ2) is 7.43. The summed E-state index contributed by atoms with van der Waals surface area (Å²) >= 11 is 6.12. The van der Waals surface area contributed by atoms with Crippen LogP contribution in [0, 0.1) is 6.92 Å². The van der Waals surface area contributed by atoms with E-state index >= 15 is 0 Å². The van der Waals surface area contributed by atoms with Gasteiger partial charge in [0.1, 0.15) is 0 Å². The minimum absolute atomic E-state index is 0.707. The van der Waals surface area contributed by atoms with E-state index in [4.69, 9.17) is 20.8 Å². The third-order valence-corrected chi connectivity index (χ3v) is 3.49. The van der Waals surface area contributed by atoms with Gasteiger partial charge in [-0.15, -0.1) is 0 Å². The van der Waals surface area contributed by atoms with Gasteiger partial charge in [0, 0.05) is 37.2 Å². The lowest BCUT2D eigenvalue weighted by Gasteiger charge is -2.04. The molecule has 0 atom stereocenters. The average Bonchev–Trinajstić information content (AvgIpc) is 2.90. The van der Waals surface area contributed by atoms with Crippen LogP contribution in [0.2, 0.25) is 5.02 Å². The molecule has 1 N–H and O–H groups in total. The van der Waals surface area contributed by atoms with Crippen LogP contribution in [0.15, 0.2) is 28.8 Å². The highest BCUT2D eigenvalue weighted by atomic mass is 35.5. The molecule has 0 amide bonds. The number of benzene rings is 1. The van der Waals surface area contributed by atoms with Gasteiger partial charge in [0.05, 0.1) is 12.8 Å². The molecule has 20 heavy (non-hydrogen) atoms. The van der Waals surface area contributed by atoms with Gasteiger partial charge in [-0.25, -0.2) is 4.98 Å². The second-order valence-corrected chi connectivity index (χ2v) is 4.93. The fourth-order valence-corrected chi connectivity index (χ4v) is 2.09. The summed E-state index contributed by atoms with van der Waals surface area (Å²) in [4.78, 5) is 4.30. The molecule has 2 aromatic rings. The molecule has 0 saturated carbocycles. The summed E-state index contributed by atoms with van der Waals surface area (Å²) in [5.74, 6) is 1.49. The Labute approximate surface area is 124 Å². The van der Waals surface area contributed by atoms with Gasteiger partial charge in [-0.05, 0) is 18.6 Å². The second-order valence-electron chi connectivity index (χ2n) is 4.52. The van der Waals surface area contributed by atoms with Crippen LogP contribution in [0.25, 0.3) is 11.3 Å². The van der Waals surface area contributed by atoms with Crippen LogP contribution in [-0.2, 0) is 11.2 Å². The van der Waals surface area contributed by atoms with Crippen LogP contribution in [0.4, 0.5) is 0 Å². The lowest BCUT2D eigenvalue weighted by atomic mass is 10.1. The molecule has 1 heterocycles. The van der Waals surface area contributed by atoms with E-state index in [-0.39, 0.29) is 0 Å². The Balaban J connectivity index is 1.97. The third kappa shape index (κ3) is 3.82. The summed E-state index contributed by atoms with van der Waals surface area (Å²) in [7, 11) is 1.69. The number of rotatable bonds is 7. The lowest BCUT2D eigenvalue weighted by molar-refractivity contribution is 0.199. The Bertz CT molecular complexity index is 555. The monoisotopic (exact) mass is 294 g/mol. The van der Waals surface area contributed by atoms with Crippen LogP contribution in [-0.4, -0.2) is 31.8 Å². The van der Waals surface area contributed by atoms with Gasteiger partial charge >= 0.3 is 0 Å². The predicted octanol–water partition coefficient (Wildman–Crippen LogP) is 3.08. The van der Waals surface area contributed by atoms with Crippen molar-refractivity contribution in [2.45, 2.75) is 13.3 Å². The molecule has 0 spiro atoms. The number of halogens is 1. The molecule has 0 aliphatic carbocycles. The number of methoxy groups -OCH3 is 1. The van der Waals surface area contributed by atoms with Crippen LogP contribution in [0.1, 0.15) is 11.5 Å². The standard InChI is InChI=1S/C15H19ClN2O2/c1-11-12(4-3-5-13(11)16)14-10-18-15(20-14)6-7-17-8-9-19-2/h3-5,10,17H,6-9H2,1-2H3. The maximum absolute atomic E-state index is 6.12. The molecule has 0 fully saturated rings. The van der Waals surface area contributed by atoms with Crippen molar-refractivity contribution in [1.82, 2.24) is 10.3 Å². The van der Waals surface area contributed by atoms with Crippen molar-refractivity contribution in [1.29, 1.82) is 0 Å². The fraction of sp³-hybridized carbons (Fsp3) is 0.400. The number of ether oxygens (including phenoxy) is 1. The maximum atomic E-state index is 6.12. The van der Waals surface area contributed by atoms with E-state index in [9.17, 15) is 0 Å². The zero-order valence-corrected chi connectivity index (χ0v) is 12.5. The normalized spacial score (nSPS) is 10.9. The van der Waals surface area contributed by atoms with Gasteiger partial charge in [-0.2, -0.15) is 0 Å². The first-order valence-electron chi connectivity index (χ1n) is 6.62. The first kappa shape index (κ1) is 15.0. The molecule has 0 radical (unpaired) electrons. The van der Waals surface area contributed by atoms with Gasteiger partial charge in [-0.1, -0.05) is 23.7 Å². The van der Waals surface area contributed by atoms with Gasteiger partial charge in [0.25, 0.3) is 0 Å². The average molecular weight is 295 g/mol. The molecule has 2 rings (SSSR count). The highest BCUT2D eigenvalue weighted by molar-refractivity contribution is 6.31. The zero-order chi connectivity index (χ0) is 14.4. The Morgan fingerprint density at radius 1 is 1.35 bits per heavy atom. The molecule has 0 bridgehead atoms. The van der Waals surface area contributed by atoms with Crippen molar-refractivity contribution in [3.05, 3.63) is 40.9 Å². The molecule has 108 valence electrons. The molecule has 0 saturated heterocycles. The molecule has 1 aromatic heterocycles. The molecular weight excluding hydrogens is 276 g/mol. The van der Waals surface area contributed by atoms with E-state index in [1.165, 1.54) is 0 Å². The SMILES string of the molecule is COCCNCCc1ncc(-c2cccc(Cl)c2C)o1. The molecule has 0 unspecified atom stereocenters. The van der Waals surface area contributed by atoms with E-state index in [1.54, 1.807) is 13.3 Å². The van der Waals surface area contributed by atoms with Crippen LogP contribution in [0.5, 0.6) is 0 Å². The summed E-state index contributed by atoms with van der Waals surface area (Å²) in [5.41, 5.74) is 2.00. The third-order valence-electron chi connectivity index (χ3n) is 3.09. The minimum Gasteiger partial charge on any atom is -0.441 e. The van der Waals surface area contributed by atoms with E-state index in [1.807, 2.05) is 25.1 Å². The van der Waals surface area contributed by atoms with Crippen molar-refractivity contribution in [2.75, 3.05) is 26.8 Å². The Morgan fingerprint density at radius 3 is 3.00 bits per heavy atom.